The predicted octanol–water partition coefficient (Wildman–Crippen LogP) is 8.93. The molecule has 0 aromatic heterocycles. The second-order valence-electron chi connectivity index (χ2n) is 15.1. The Morgan fingerprint density at radius 1 is 0.957 bits per heavy atom. The van der Waals surface area contributed by atoms with Crippen molar-refractivity contribution < 1.29 is 27.4 Å². The van der Waals surface area contributed by atoms with Crippen LogP contribution >= 0.6 is 8.03 Å². The number of rotatable bonds is 12. The number of esters is 1. The second-order valence-corrected chi connectivity index (χ2v) is 16.9. The first-order chi connectivity index (χ1) is 22.1. The minimum atomic E-state index is -2.72. The van der Waals surface area contributed by atoms with Crippen molar-refractivity contribution in [3.8, 4) is 5.75 Å². The summed E-state index contributed by atoms with van der Waals surface area (Å²) in [6.07, 6.45) is 6.28. The van der Waals surface area contributed by atoms with Gasteiger partial charge < -0.3 is 13.7 Å². The maximum atomic E-state index is 14.3. The molecule has 4 rings (SSSR count). The zero-order chi connectivity index (χ0) is 34.5. The second kappa shape index (κ2) is 15.0. The summed E-state index contributed by atoms with van der Waals surface area (Å²) in [6, 6.07) is 24.7. The van der Waals surface area contributed by atoms with E-state index in [0.717, 1.165) is 29.6 Å². The third-order valence-corrected chi connectivity index (χ3v) is 11.0. The van der Waals surface area contributed by atoms with E-state index in [1.807, 2.05) is 75.4 Å². The van der Waals surface area contributed by atoms with Gasteiger partial charge in [0.25, 0.3) is 0 Å². The van der Waals surface area contributed by atoms with Gasteiger partial charge >= 0.3 is 5.97 Å². The van der Waals surface area contributed by atoms with Crippen LogP contribution in [0.5, 0.6) is 5.75 Å². The Morgan fingerprint density at radius 3 is 2.11 bits per heavy atom. The van der Waals surface area contributed by atoms with Gasteiger partial charge in [-0.2, -0.15) is 0 Å². The van der Waals surface area contributed by atoms with Gasteiger partial charge in [-0.05, 0) is 81.7 Å². The molecule has 1 aliphatic rings. The first-order valence-electron chi connectivity index (χ1n) is 16.3. The minimum absolute atomic E-state index is 0.106. The van der Waals surface area contributed by atoms with E-state index in [2.05, 4.69) is 33.8 Å². The molecule has 0 saturated heterocycles. The van der Waals surface area contributed by atoms with Crippen molar-refractivity contribution in [2.24, 2.45) is 22.2 Å². The summed E-state index contributed by atoms with van der Waals surface area (Å²) in [5, 5.41) is 0. The Morgan fingerprint density at radius 2 is 1.55 bits per heavy atom. The van der Waals surface area contributed by atoms with E-state index in [-0.39, 0.29) is 39.9 Å². The number of carbonyl (C=O) groups excluding carboxylic acids is 1. The monoisotopic (exact) mass is 676 g/mol. The van der Waals surface area contributed by atoms with Crippen LogP contribution in [0.25, 0.3) is 6.08 Å². The fourth-order valence-corrected chi connectivity index (χ4v) is 9.50. The van der Waals surface area contributed by atoms with Gasteiger partial charge in [-0.3, -0.25) is 4.57 Å². The lowest BCUT2D eigenvalue weighted by atomic mass is 9.63. The normalized spacial score (nSPS) is 18.9. The van der Waals surface area contributed by atoms with E-state index in [0.29, 0.717) is 11.3 Å². The van der Waals surface area contributed by atoms with Crippen molar-refractivity contribution in [1.82, 2.24) is 0 Å². The molecular formula is C39H50FO5PSi. The molecule has 0 heterocycles. The fraction of sp³-hybridized carbons (Fsp3) is 0.410. The molecule has 3 aromatic rings. The van der Waals surface area contributed by atoms with Crippen LogP contribution in [0.1, 0.15) is 72.4 Å². The molecule has 0 aliphatic heterocycles. The number of hydrogen-bond donors (Lipinski definition) is 0. The van der Waals surface area contributed by atoms with Gasteiger partial charge in [0.15, 0.2) is 13.6 Å². The van der Waals surface area contributed by atoms with E-state index in [9.17, 15) is 13.8 Å². The predicted molar refractivity (Wildman–Crippen MR) is 193 cm³/mol. The van der Waals surface area contributed by atoms with Gasteiger partial charge in [-0.15, -0.1) is 0 Å². The summed E-state index contributed by atoms with van der Waals surface area (Å²) < 4.78 is 46.4. The molecule has 0 radical (unpaired) electrons. The van der Waals surface area contributed by atoms with Gasteiger partial charge in [-0.25, -0.2) is 9.18 Å². The average Bonchev–Trinajstić information content (AvgIpc) is 3.00. The summed E-state index contributed by atoms with van der Waals surface area (Å²) >= 11 is 0. The molecule has 252 valence electrons. The molecule has 0 spiro atoms. The van der Waals surface area contributed by atoms with E-state index < -0.39 is 30.9 Å². The third-order valence-electron chi connectivity index (χ3n) is 9.14. The lowest BCUT2D eigenvalue weighted by Gasteiger charge is -2.44. The van der Waals surface area contributed by atoms with Crippen LogP contribution in [-0.2, 0) is 23.9 Å². The standard InChI is InChI=1S/C39H50FO5PSi/c1-36(2,3)34(39(45-47,30-14-10-8-11-15-30)35(41)44-32-16-12-9-13-17-32)26-46(42)43-25-29(24-28-18-20-31(40)21-19-28)33-22-23-37(4,5)27-38(33,6)7/h8-22,24,34,46H,23,25-27H2,1-7,47H3. The smallest absolute Gasteiger partial charge is 0.347 e. The molecule has 47 heavy (non-hydrogen) atoms. The zero-order valence-electron chi connectivity index (χ0n) is 29.1. The molecule has 3 aromatic carbocycles. The summed E-state index contributed by atoms with van der Waals surface area (Å²) in [7, 11) is -2.48. The highest BCUT2D eigenvalue weighted by Gasteiger charge is 2.54. The Balaban J connectivity index is 1.68. The SMILES string of the molecule is CC1(C)CC=C(C(=Cc2ccc(F)cc2)CO[PH](=O)CC(C(C)(C)C)C(O[SiH3])(C(=O)Oc2ccccc2)c2ccccc2)C(C)(C)C1. The van der Waals surface area contributed by atoms with Crippen LogP contribution in [-0.4, -0.2) is 29.2 Å². The van der Waals surface area contributed by atoms with Crippen LogP contribution in [0, 0.1) is 28.0 Å². The van der Waals surface area contributed by atoms with Crippen molar-refractivity contribution in [1.29, 1.82) is 0 Å². The quantitative estimate of drug-likeness (QED) is 0.0830. The summed E-state index contributed by atoms with van der Waals surface area (Å²) in [6.45, 7) is 15.2. The van der Waals surface area contributed by atoms with Crippen LogP contribution in [0.15, 0.2) is 102 Å². The van der Waals surface area contributed by atoms with Gasteiger partial charge in [0.1, 0.15) is 22.1 Å². The highest BCUT2D eigenvalue weighted by Crippen LogP contribution is 2.51. The van der Waals surface area contributed by atoms with Crippen molar-refractivity contribution in [2.75, 3.05) is 12.8 Å². The molecule has 1 aliphatic carbocycles. The van der Waals surface area contributed by atoms with Gasteiger partial charge in [-0.1, -0.05) is 115 Å². The molecule has 8 heteroatoms. The number of halogens is 1. The topological polar surface area (TPSA) is 61.8 Å². The van der Waals surface area contributed by atoms with Crippen molar-refractivity contribution >= 4 is 30.6 Å². The number of benzene rings is 3. The lowest BCUT2D eigenvalue weighted by Crippen LogP contribution is -2.53. The number of ether oxygens (including phenoxy) is 1. The van der Waals surface area contributed by atoms with Crippen molar-refractivity contribution in [2.45, 2.75) is 66.9 Å². The lowest BCUT2D eigenvalue weighted by molar-refractivity contribution is -0.162. The number of para-hydroxylation sites is 1. The van der Waals surface area contributed by atoms with E-state index >= 15 is 0 Å². The molecular weight excluding hydrogens is 626 g/mol. The highest BCUT2D eigenvalue weighted by atomic mass is 31.1. The Bertz CT molecular complexity index is 1590. The van der Waals surface area contributed by atoms with Crippen LogP contribution in [0.3, 0.4) is 0 Å². The summed E-state index contributed by atoms with van der Waals surface area (Å²) in [5.41, 5.74) is 1.54. The Kier molecular flexibility index (Phi) is 11.7. The average molecular weight is 677 g/mol. The van der Waals surface area contributed by atoms with Gasteiger partial charge in [0, 0.05) is 12.1 Å². The van der Waals surface area contributed by atoms with Gasteiger partial charge in [0.2, 0.25) is 0 Å². The van der Waals surface area contributed by atoms with E-state index in [1.54, 1.807) is 24.3 Å². The maximum Gasteiger partial charge on any atom is 0.347 e. The number of allylic oxidation sites excluding steroid dienone is 1. The molecule has 3 unspecified atom stereocenters. The Hall–Kier alpha value is -3.09. The fourth-order valence-electron chi connectivity index (χ4n) is 7.15. The summed E-state index contributed by atoms with van der Waals surface area (Å²) in [4.78, 5) is 14.3. The highest BCUT2D eigenvalue weighted by molar-refractivity contribution is 7.39. The van der Waals surface area contributed by atoms with Crippen LogP contribution in [0.4, 0.5) is 4.39 Å². The maximum absolute atomic E-state index is 14.3. The number of hydrogen-bond acceptors (Lipinski definition) is 5. The molecule has 5 nitrogen and oxygen atoms in total. The largest absolute Gasteiger partial charge is 0.424 e. The van der Waals surface area contributed by atoms with Crippen molar-refractivity contribution in [3.05, 3.63) is 119 Å². The van der Waals surface area contributed by atoms with E-state index in [1.165, 1.54) is 12.1 Å². The third kappa shape index (κ3) is 9.08. The van der Waals surface area contributed by atoms with E-state index in [4.69, 9.17) is 13.7 Å². The summed E-state index contributed by atoms with van der Waals surface area (Å²) in [5.74, 6) is -0.984. The molecule has 0 N–H and O–H groups in total. The Labute approximate surface area is 284 Å². The molecule has 0 saturated carbocycles. The molecule has 3 atom stereocenters. The first-order valence-corrected chi connectivity index (χ1v) is 18.6. The zero-order valence-corrected chi connectivity index (χ0v) is 32.1. The van der Waals surface area contributed by atoms with Crippen LogP contribution in [0.2, 0.25) is 0 Å². The molecule has 0 fully saturated rings. The van der Waals surface area contributed by atoms with Gasteiger partial charge in [0.05, 0.1) is 6.61 Å². The molecule has 0 amide bonds. The first kappa shape index (κ1) is 36.7. The van der Waals surface area contributed by atoms with Crippen molar-refractivity contribution in [3.63, 3.8) is 0 Å². The molecule has 0 bridgehead atoms. The van der Waals surface area contributed by atoms with Crippen LogP contribution < -0.4 is 4.74 Å². The minimum Gasteiger partial charge on any atom is -0.424 e. The number of carbonyl (C=O) groups is 1.